The predicted molar refractivity (Wildman–Crippen MR) is 196 cm³/mol. The molecule has 0 unspecified atom stereocenters. The monoisotopic (exact) mass is 670 g/mol. The van der Waals surface area contributed by atoms with E-state index in [0.717, 1.165) is 21.9 Å². The summed E-state index contributed by atoms with van der Waals surface area (Å²) in [5, 5.41) is 5.03. The van der Waals surface area contributed by atoms with Gasteiger partial charge in [0.1, 0.15) is 18.1 Å². The summed E-state index contributed by atoms with van der Waals surface area (Å²) in [7, 11) is 6.49. The molecule has 0 radical (unpaired) electrons. The molecule has 3 atom stereocenters. The van der Waals surface area contributed by atoms with Crippen molar-refractivity contribution in [3.05, 3.63) is 96.1 Å². The second-order valence-corrected chi connectivity index (χ2v) is 13.7. The zero-order valence-corrected chi connectivity index (χ0v) is 29.9. The summed E-state index contributed by atoms with van der Waals surface area (Å²) in [6.07, 6.45) is 5.89. The average molecular weight is 671 g/mol. The van der Waals surface area contributed by atoms with Gasteiger partial charge in [-0.15, -0.1) is 0 Å². The van der Waals surface area contributed by atoms with E-state index in [1.165, 1.54) is 20.8 Å². The Hall–Kier alpha value is -4.54. The van der Waals surface area contributed by atoms with Gasteiger partial charge < -0.3 is 31.5 Å². The lowest BCUT2D eigenvalue weighted by Gasteiger charge is -2.35. The van der Waals surface area contributed by atoms with Crippen LogP contribution in [0.3, 0.4) is 0 Å². The highest BCUT2D eigenvalue weighted by Gasteiger charge is 2.36. The van der Waals surface area contributed by atoms with E-state index in [-0.39, 0.29) is 24.7 Å². The minimum absolute atomic E-state index is 0.215. The van der Waals surface area contributed by atoms with E-state index < -0.39 is 35.5 Å². The number of nitrogens with two attached hydrogens (primary N) is 2. The molecule has 10 nitrogen and oxygen atoms in total. The normalized spacial score (nSPS) is 13.5. The first-order valence-corrected chi connectivity index (χ1v) is 16.9. The van der Waals surface area contributed by atoms with E-state index in [9.17, 15) is 19.2 Å². The van der Waals surface area contributed by atoms with E-state index in [1.807, 2.05) is 86.6 Å². The van der Waals surface area contributed by atoms with Gasteiger partial charge in [-0.2, -0.15) is 0 Å². The third-order valence-corrected chi connectivity index (χ3v) is 8.64. The summed E-state index contributed by atoms with van der Waals surface area (Å²) in [6, 6.07) is 20.7. The van der Waals surface area contributed by atoms with E-state index in [0.29, 0.717) is 32.2 Å². The largest absolute Gasteiger partial charge is 0.347 e. The molecule has 3 rings (SSSR count). The molecule has 4 amide bonds. The molecule has 0 aromatic heterocycles. The average Bonchev–Trinajstić information content (AvgIpc) is 3.07. The molecule has 0 aliphatic rings. The molecule has 0 saturated heterocycles. The highest BCUT2D eigenvalue weighted by atomic mass is 16.2. The fourth-order valence-electron chi connectivity index (χ4n) is 5.67. The number of carbonyl (C=O) groups is 4. The fraction of sp³-hybridized carbons (Fsp3) is 0.436. The van der Waals surface area contributed by atoms with Gasteiger partial charge in [0.2, 0.25) is 23.6 Å². The maximum absolute atomic E-state index is 14.6. The van der Waals surface area contributed by atoms with Gasteiger partial charge in [0.25, 0.3) is 0 Å². The molecule has 0 aliphatic heterocycles. The minimum atomic E-state index is -0.960. The molecule has 0 spiro atoms. The molecule has 49 heavy (non-hydrogen) atoms. The van der Waals surface area contributed by atoms with Crippen LogP contribution in [0.25, 0.3) is 10.8 Å². The molecule has 10 heteroatoms. The summed E-state index contributed by atoms with van der Waals surface area (Å²) in [4.78, 5) is 59.6. The molecule has 3 aromatic carbocycles. The van der Waals surface area contributed by atoms with Crippen LogP contribution in [-0.4, -0.2) is 96.7 Å². The molecule has 5 N–H and O–H groups in total. The lowest BCUT2D eigenvalue weighted by Crippen LogP contribution is -2.58. The van der Waals surface area contributed by atoms with Crippen LogP contribution in [-0.2, 0) is 32.0 Å². The number of carbonyl (C=O) groups excluding carboxylic acids is 4. The smallest absolute Gasteiger partial charge is 0.246 e. The van der Waals surface area contributed by atoms with Gasteiger partial charge in [-0.05, 0) is 74.1 Å². The number of nitrogens with one attached hydrogen (secondary N) is 1. The van der Waals surface area contributed by atoms with Crippen molar-refractivity contribution in [1.29, 1.82) is 0 Å². The second-order valence-electron chi connectivity index (χ2n) is 13.7. The molecular weight excluding hydrogens is 616 g/mol. The number of amides is 4. The molecule has 0 saturated carbocycles. The van der Waals surface area contributed by atoms with Crippen LogP contribution in [0.5, 0.6) is 0 Å². The molecule has 3 aromatic rings. The van der Waals surface area contributed by atoms with Gasteiger partial charge in [0, 0.05) is 46.6 Å². The number of rotatable bonds is 17. The number of benzene rings is 3. The zero-order chi connectivity index (χ0) is 36.1. The van der Waals surface area contributed by atoms with Gasteiger partial charge in [0.05, 0.1) is 0 Å². The third kappa shape index (κ3) is 11.8. The van der Waals surface area contributed by atoms with Crippen molar-refractivity contribution in [3.63, 3.8) is 0 Å². The lowest BCUT2D eigenvalue weighted by molar-refractivity contribution is -0.146. The first kappa shape index (κ1) is 38.9. The standard InChI is InChI=1S/C39H54N6O4/c1-39(2,41)23-14-20-35(46)44(5)34(27-29-21-22-30-17-10-11-18-31(30)25-29)38(49)45(6)33(26-28-15-8-7-9-16-28)36(47)42-32(19-12-13-24-40)37(48)43(3)4/h7-11,14-18,20-22,25,32-34H,12-13,19,23-24,26-27,40-41H2,1-6H3,(H,42,47)/b20-14-/t32-,33-,34-/m0/s1. The Morgan fingerprint density at radius 3 is 2.04 bits per heavy atom. The Kier molecular flexibility index (Phi) is 14.5. The Labute approximate surface area is 291 Å². The molecule has 0 aliphatic carbocycles. The summed E-state index contributed by atoms with van der Waals surface area (Å²) < 4.78 is 0. The summed E-state index contributed by atoms with van der Waals surface area (Å²) in [5.74, 6) is -1.43. The number of unbranched alkanes of at least 4 members (excludes halogenated alkanes) is 1. The molecule has 0 heterocycles. The van der Waals surface area contributed by atoms with Gasteiger partial charge in [-0.25, -0.2) is 0 Å². The van der Waals surface area contributed by atoms with Crippen LogP contribution >= 0.6 is 0 Å². The Balaban J connectivity index is 2.00. The van der Waals surface area contributed by atoms with Gasteiger partial charge in [0.15, 0.2) is 0 Å². The van der Waals surface area contributed by atoms with Crippen molar-refractivity contribution in [2.45, 2.75) is 76.0 Å². The lowest BCUT2D eigenvalue weighted by atomic mass is 9.98. The molecule has 0 fully saturated rings. The molecule has 264 valence electrons. The zero-order valence-electron chi connectivity index (χ0n) is 29.9. The van der Waals surface area contributed by atoms with Crippen LogP contribution < -0.4 is 16.8 Å². The molecule has 0 bridgehead atoms. The highest BCUT2D eigenvalue weighted by Crippen LogP contribution is 2.20. The van der Waals surface area contributed by atoms with E-state index in [1.54, 1.807) is 34.3 Å². The van der Waals surface area contributed by atoms with Crippen LogP contribution in [0.4, 0.5) is 0 Å². The van der Waals surface area contributed by atoms with Crippen LogP contribution in [0.1, 0.15) is 50.7 Å². The number of likely N-dealkylation sites (N-methyl/N-ethyl adjacent to an activating group) is 3. The van der Waals surface area contributed by atoms with Crippen molar-refractivity contribution in [1.82, 2.24) is 20.0 Å². The van der Waals surface area contributed by atoms with Gasteiger partial charge in [-0.3, -0.25) is 19.2 Å². The Morgan fingerprint density at radius 1 is 0.776 bits per heavy atom. The van der Waals surface area contributed by atoms with Crippen LogP contribution in [0, 0.1) is 0 Å². The van der Waals surface area contributed by atoms with Crippen molar-refractivity contribution < 1.29 is 19.2 Å². The SMILES string of the molecule is CN(C)C(=O)[C@H](CCCCN)NC(=O)[C@H](Cc1ccccc1)N(C)C(=O)[C@H](Cc1ccc2ccccc2c1)N(C)C(=O)/C=C\CC(C)(C)N. The summed E-state index contributed by atoms with van der Waals surface area (Å²) in [6.45, 7) is 4.23. The van der Waals surface area contributed by atoms with E-state index in [2.05, 4.69) is 5.32 Å². The first-order chi connectivity index (χ1) is 23.2. The third-order valence-electron chi connectivity index (χ3n) is 8.64. The highest BCUT2D eigenvalue weighted by molar-refractivity contribution is 5.96. The van der Waals surface area contributed by atoms with Crippen molar-refractivity contribution in [2.75, 3.05) is 34.7 Å². The number of hydrogen-bond acceptors (Lipinski definition) is 6. The van der Waals surface area contributed by atoms with E-state index in [4.69, 9.17) is 11.5 Å². The van der Waals surface area contributed by atoms with Crippen LogP contribution in [0.15, 0.2) is 84.9 Å². The van der Waals surface area contributed by atoms with Crippen molar-refractivity contribution in [2.24, 2.45) is 11.5 Å². The number of fused-ring (bicyclic) bond motifs is 1. The van der Waals surface area contributed by atoms with Gasteiger partial charge >= 0.3 is 0 Å². The Morgan fingerprint density at radius 2 is 1.41 bits per heavy atom. The van der Waals surface area contributed by atoms with Crippen molar-refractivity contribution in [3.8, 4) is 0 Å². The first-order valence-electron chi connectivity index (χ1n) is 16.9. The fourth-order valence-corrected chi connectivity index (χ4v) is 5.67. The van der Waals surface area contributed by atoms with E-state index >= 15 is 0 Å². The number of hydrogen-bond donors (Lipinski definition) is 3. The quantitative estimate of drug-likeness (QED) is 0.148. The summed E-state index contributed by atoms with van der Waals surface area (Å²) >= 11 is 0. The summed E-state index contributed by atoms with van der Waals surface area (Å²) in [5.41, 5.74) is 13.0. The van der Waals surface area contributed by atoms with Crippen LogP contribution in [0.2, 0.25) is 0 Å². The minimum Gasteiger partial charge on any atom is -0.347 e. The topological polar surface area (TPSA) is 142 Å². The number of nitrogens with zero attached hydrogens (tertiary/aromatic N) is 3. The predicted octanol–water partition coefficient (Wildman–Crippen LogP) is 3.66. The second kappa shape index (κ2) is 18.3. The molecular formula is C39H54N6O4. The maximum Gasteiger partial charge on any atom is 0.246 e. The van der Waals surface area contributed by atoms with Crippen molar-refractivity contribution >= 4 is 34.4 Å². The Bertz CT molecular complexity index is 1580. The van der Waals surface area contributed by atoms with Gasteiger partial charge in [-0.1, -0.05) is 78.9 Å². The maximum atomic E-state index is 14.6.